The van der Waals surface area contributed by atoms with Crippen molar-refractivity contribution in [3.63, 3.8) is 0 Å². The molecule has 6 heteroatoms. The lowest BCUT2D eigenvalue weighted by molar-refractivity contribution is -0.0278. The zero-order valence-corrected chi connectivity index (χ0v) is 17.0. The predicted octanol–water partition coefficient (Wildman–Crippen LogP) is 3.17. The van der Waals surface area contributed by atoms with Crippen molar-refractivity contribution in [3.8, 4) is 5.75 Å². The number of nitrogens with zero attached hydrogens (tertiary/aromatic N) is 1. The van der Waals surface area contributed by atoms with Crippen molar-refractivity contribution < 1.29 is 19.4 Å². The summed E-state index contributed by atoms with van der Waals surface area (Å²) < 4.78 is 11.1. The number of ether oxygens (including phenoxy) is 2. The van der Waals surface area contributed by atoms with E-state index >= 15 is 0 Å². The second kappa shape index (κ2) is 8.80. The molecule has 0 atom stereocenters. The van der Waals surface area contributed by atoms with Gasteiger partial charge < -0.3 is 19.6 Å². The molecule has 0 spiro atoms. The van der Waals surface area contributed by atoms with Gasteiger partial charge in [0, 0.05) is 30.9 Å². The van der Waals surface area contributed by atoms with Crippen LogP contribution in [0.15, 0.2) is 30.3 Å². The molecule has 2 heterocycles. The van der Waals surface area contributed by atoms with Crippen molar-refractivity contribution in [2.24, 2.45) is 0 Å². The van der Waals surface area contributed by atoms with Crippen molar-refractivity contribution in [1.29, 1.82) is 0 Å². The van der Waals surface area contributed by atoms with Crippen molar-refractivity contribution in [2.45, 2.75) is 39.2 Å². The maximum atomic E-state index is 12.1. The van der Waals surface area contributed by atoms with Crippen LogP contribution in [0.4, 0.5) is 0 Å². The van der Waals surface area contributed by atoms with Crippen LogP contribution < -0.4 is 4.74 Å². The average molecular weight is 386 g/mol. The Hall–Kier alpha value is -2.31. The highest BCUT2D eigenvalue weighted by molar-refractivity contribution is 5.91. The molecule has 0 radical (unpaired) electrons. The van der Waals surface area contributed by atoms with Crippen LogP contribution in [0.5, 0.6) is 5.75 Å². The topological polar surface area (TPSA) is 74.8 Å². The standard InChI is InChI=1S/C22H30N2O4/c1-4-27-21(25)19-20(16(2)17(3)23-19)28-15-14-24-12-10-22(26,11-13-24)18-8-6-5-7-9-18/h5-9,23,26H,4,10-15H2,1-3H3. The summed E-state index contributed by atoms with van der Waals surface area (Å²) in [5.74, 6) is 0.188. The molecule has 152 valence electrons. The number of likely N-dealkylation sites (tertiary alicyclic amines) is 1. The van der Waals surface area contributed by atoms with Crippen LogP contribution in [0.2, 0.25) is 0 Å². The zero-order chi connectivity index (χ0) is 20.1. The number of esters is 1. The second-order valence-electron chi connectivity index (χ2n) is 7.39. The fraction of sp³-hybridized carbons (Fsp3) is 0.500. The molecule has 1 aliphatic heterocycles. The maximum absolute atomic E-state index is 12.1. The van der Waals surface area contributed by atoms with Gasteiger partial charge in [-0.3, -0.25) is 4.90 Å². The highest BCUT2D eigenvalue weighted by atomic mass is 16.5. The molecule has 6 nitrogen and oxygen atoms in total. The third kappa shape index (κ3) is 4.39. The van der Waals surface area contributed by atoms with Gasteiger partial charge in [-0.1, -0.05) is 30.3 Å². The van der Waals surface area contributed by atoms with Crippen LogP contribution in [-0.4, -0.2) is 53.8 Å². The summed E-state index contributed by atoms with van der Waals surface area (Å²) in [4.78, 5) is 17.5. The minimum Gasteiger partial charge on any atom is -0.489 e. The third-order valence-corrected chi connectivity index (χ3v) is 5.57. The van der Waals surface area contributed by atoms with Crippen molar-refractivity contribution >= 4 is 5.97 Å². The molecule has 3 rings (SSSR count). The number of carbonyl (C=O) groups excluding carboxylic acids is 1. The van der Waals surface area contributed by atoms with Gasteiger partial charge in [-0.2, -0.15) is 0 Å². The molecule has 28 heavy (non-hydrogen) atoms. The Morgan fingerprint density at radius 1 is 1.21 bits per heavy atom. The fourth-order valence-corrected chi connectivity index (χ4v) is 3.68. The first kappa shape index (κ1) is 20.4. The number of nitrogens with one attached hydrogen (secondary N) is 1. The van der Waals surface area contributed by atoms with Crippen molar-refractivity contribution in [2.75, 3.05) is 32.8 Å². The number of rotatable bonds is 7. The van der Waals surface area contributed by atoms with E-state index in [9.17, 15) is 9.90 Å². The van der Waals surface area contributed by atoms with Crippen LogP contribution >= 0.6 is 0 Å². The molecular weight excluding hydrogens is 356 g/mol. The number of aliphatic hydroxyl groups is 1. The summed E-state index contributed by atoms with van der Waals surface area (Å²) in [6, 6.07) is 9.89. The Kier molecular flexibility index (Phi) is 6.42. The van der Waals surface area contributed by atoms with Gasteiger partial charge in [-0.15, -0.1) is 0 Å². The molecule has 0 bridgehead atoms. The summed E-state index contributed by atoms with van der Waals surface area (Å²) in [5.41, 5.74) is 2.46. The quantitative estimate of drug-likeness (QED) is 0.715. The Balaban J connectivity index is 1.54. The van der Waals surface area contributed by atoms with Crippen LogP contribution in [0.1, 0.15) is 47.1 Å². The van der Waals surface area contributed by atoms with E-state index < -0.39 is 5.60 Å². The molecule has 1 aliphatic rings. The summed E-state index contributed by atoms with van der Waals surface area (Å²) in [5, 5.41) is 10.9. The second-order valence-corrected chi connectivity index (χ2v) is 7.39. The number of aromatic nitrogens is 1. The predicted molar refractivity (Wildman–Crippen MR) is 108 cm³/mol. The largest absolute Gasteiger partial charge is 0.489 e. The minimum absolute atomic E-state index is 0.327. The summed E-state index contributed by atoms with van der Waals surface area (Å²) in [7, 11) is 0. The van der Waals surface area contributed by atoms with E-state index in [0.29, 0.717) is 37.5 Å². The van der Waals surface area contributed by atoms with Gasteiger partial charge in [0.15, 0.2) is 11.4 Å². The molecular formula is C22H30N2O4. The number of aromatic amines is 1. The minimum atomic E-state index is -0.746. The van der Waals surface area contributed by atoms with E-state index in [2.05, 4.69) is 9.88 Å². The SMILES string of the molecule is CCOC(=O)c1[nH]c(C)c(C)c1OCCN1CCC(O)(c2ccccc2)CC1. The number of piperidine rings is 1. The molecule has 1 aromatic heterocycles. The number of H-pyrrole nitrogens is 1. The molecule has 0 saturated carbocycles. The van der Waals surface area contributed by atoms with Crippen molar-refractivity contribution in [3.05, 3.63) is 52.8 Å². The molecule has 1 fully saturated rings. The molecule has 2 aromatic rings. The Bertz CT molecular complexity index is 792. The van der Waals surface area contributed by atoms with Crippen LogP contribution in [0.25, 0.3) is 0 Å². The molecule has 0 aliphatic carbocycles. The van der Waals surface area contributed by atoms with Gasteiger partial charge in [0.25, 0.3) is 0 Å². The first-order valence-corrected chi connectivity index (χ1v) is 9.94. The van der Waals surface area contributed by atoms with E-state index in [-0.39, 0.29) is 5.97 Å². The lowest BCUT2D eigenvalue weighted by atomic mass is 9.84. The number of hydrogen-bond acceptors (Lipinski definition) is 5. The number of carbonyl (C=O) groups is 1. The van der Waals surface area contributed by atoms with E-state index in [0.717, 1.165) is 36.5 Å². The summed E-state index contributed by atoms with van der Waals surface area (Å²) in [6.45, 7) is 8.81. The smallest absolute Gasteiger partial charge is 0.358 e. The van der Waals surface area contributed by atoms with Crippen molar-refractivity contribution in [1.82, 2.24) is 9.88 Å². The highest BCUT2D eigenvalue weighted by Gasteiger charge is 2.33. The van der Waals surface area contributed by atoms with Crippen LogP contribution in [0.3, 0.4) is 0 Å². The van der Waals surface area contributed by atoms with Gasteiger partial charge in [0.1, 0.15) is 6.61 Å². The van der Waals surface area contributed by atoms with Gasteiger partial charge in [0.2, 0.25) is 0 Å². The van der Waals surface area contributed by atoms with Gasteiger partial charge in [-0.05, 0) is 39.2 Å². The maximum Gasteiger partial charge on any atom is 0.358 e. The monoisotopic (exact) mass is 386 g/mol. The Labute approximate surface area is 166 Å². The fourth-order valence-electron chi connectivity index (χ4n) is 3.68. The van der Waals surface area contributed by atoms with Crippen LogP contribution in [0, 0.1) is 13.8 Å². The number of benzene rings is 1. The molecule has 1 aromatic carbocycles. The summed E-state index contributed by atoms with van der Waals surface area (Å²) in [6.07, 6.45) is 1.40. The number of hydrogen-bond donors (Lipinski definition) is 2. The first-order chi connectivity index (χ1) is 13.4. The lowest BCUT2D eigenvalue weighted by Crippen LogP contribution is -2.43. The third-order valence-electron chi connectivity index (χ3n) is 5.57. The van der Waals surface area contributed by atoms with Gasteiger partial charge >= 0.3 is 5.97 Å². The zero-order valence-electron chi connectivity index (χ0n) is 17.0. The normalized spacial score (nSPS) is 16.7. The Morgan fingerprint density at radius 3 is 2.54 bits per heavy atom. The lowest BCUT2D eigenvalue weighted by Gasteiger charge is -2.38. The molecule has 2 N–H and O–H groups in total. The highest BCUT2D eigenvalue weighted by Crippen LogP contribution is 2.32. The van der Waals surface area contributed by atoms with Crippen LogP contribution in [-0.2, 0) is 10.3 Å². The molecule has 1 saturated heterocycles. The first-order valence-electron chi connectivity index (χ1n) is 9.94. The van der Waals surface area contributed by atoms with E-state index in [4.69, 9.17) is 9.47 Å². The Morgan fingerprint density at radius 2 is 1.89 bits per heavy atom. The van der Waals surface area contributed by atoms with Gasteiger partial charge in [-0.25, -0.2) is 4.79 Å². The molecule has 0 unspecified atom stereocenters. The number of aryl methyl sites for hydroxylation is 1. The van der Waals surface area contributed by atoms with E-state index in [1.807, 2.05) is 44.2 Å². The molecule has 0 amide bonds. The average Bonchev–Trinajstić information content (AvgIpc) is 2.99. The van der Waals surface area contributed by atoms with Gasteiger partial charge in [0.05, 0.1) is 12.2 Å². The summed E-state index contributed by atoms with van der Waals surface area (Å²) >= 11 is 0. The van der Waals surface area contributed by atoms with E-state index in [1.165, 1.54) is 0 Å². The van der Waals surface area contributed by atoms with E-state index in [1.54, 1.807) is 6.92 Å².